The van der Waals surface area contributed by atoms with Crippen LogP contribution in [0.4, 0.5) is 4.39 Å². The molecular weight excluding hydrogens is 247 g/mol. The molecule has 0 aliphatic carbocycles. The van der Waals surface area contributed by atoms with Gasteiger partial charge < -0.3 is 15.2 Å². The molecule has 0 amide bonds. The molecule has 1 unspecified atom stereocenters. The van der Waals surface area contributed by atoms with Crippen molar-refractivity contribution in [3.63, 3.8) is 0 Å². The zero-order valence-corrected chi connectivity index (χ0v) is 11.2. The molecule has 106 valence electrons. The van der Waals surface area contributed by atoms with Crippen LogP contribution in [-0.4, -0.2) is 49.9 Å². The normalized spacial score (nSPS) is 18.9. The summed E-state index contributed by atoms with van der Waals surface area (Å²) < 4.78 is 18.7. The number of aliphatic hydroxyl groups is 1. The second kappa shape index (κ2) is 6.84. The van der Waals surface area contributed by atoms with Crippen LogP contribution in [0, 0.1) is 5.82 Å². The van der Waals surface area contributed by atoms with E-state index in [1.54, 1.807) is 13.2 Å². The van der Waals surface area contributed by atoms with Gasteiger partial charge in [0.05, 0.1) is 19.8 Å². The lowest BCUT2D eigenvalue weighted by atomic mass is 10.0. The molecule has 1 fully saturated rings. The Morgan fingerprint density at radius 2 is 2.26 bits per heavy atom. The van der Waals surface area contributed by atoms with E-state index in [2.05, 4.69) is 10.2 Å². The molecule has 0 bridgehead atoms. The Kier molecular flexibility index (Phi) is 5.13. The number of aliphatic hydroxyl groups excluding tert-OH is 1. The number of halogens is 1. The van der Waals surface area contributed by atoms with Crippen molar-refractivity contribution in [2.75, 3.05) is 39.9 Å². The van der Waals surface area contributed by atoms with Crippen LogP contribution < -0.4 is 10.1 Å². The number of ether oxygens (including phenoxy) is 1. The number of nitrogens with zero attached hydrogens (tertiary/aromatic N) is 1. The first kappa shape index (κ1) is 14.2. The molecule has 5 heteroatoms. The van der Waals surface area contributed by atoms with Crippen LogP contribution in [-0.2, 0) is 0 Å². The largest absolute Gasteiger partial charge is 0.496 e. The Morgan fingerprint density at radius 1 is 1.42 bits per heavy atom. The summed E-state index contributed by atoms with van der Waals surface area (Å²) in [5.41, 5.74) is 0.715. The number of hydrogen-bond donors (Lipinski definition) is 2. The zero-order chi connectivity index (χ0) is 13.7. The summed E-state index contributed by atoms with van der Waals surface area (Å²) in [7, 11) is 1.56. The SMILES string of the molecule is COc1ccc(F)cc1C(CO)N1CCCNCC1. The monoisotopic (exact) mass is 268 g/mol. The van der Waals surface area contributed by atoms with Crippen LogP contribution in [0.2, 0.25) is 0 Å². The topological polar surface area (TPSA) is 44.7 Å². The van der Waals surface area contributed by atoms with Crippen LogP contribution in [0.5, 0.6) is 5.75 Å². The minimum atomic E-state index is -0.304. The first-order chi connectivity index (χ1) is 9.26. The number of methoxy groups -OCH3 is 1. The molecule has 2 N–H and O–H groups in total. The van der Waals surface area contributed by atoms with Crippen molar-refractivity contribution in [2.45, 2.75) is 12.5 Å². The van der Waals surface area contributed by atoms with Crippen molar-refractivity contribution in [2.24, 2.45) is 0 Å². The van der Waals surface area contributed by atoms with E-state index in [4.69, 9.17) is 4.74 Å². The summed E-state index contributed by atoms with van der Waals surface area (Å²) in [5.74, 6) is 0.319. The molecular formula is C14H21FN2O2. The molecule has 1 aromatic rings. The van der Waals surface area contributed by atoms with Crippen LogP contribution in [0.1, 0.15) is 18.0 Å². The maximum atomic E-state index is 13.5. The molecule has 0 saturated carbocycles. The molecule has 1 aliphatic rings. The van der Waals surface area contributed by atoms with E-state index in [0.29, 0.717) is 11.3 Å². The van der Waals surface area contributed by atoms with Gasteiger partial charge >= 0.3 is 0 Å². The summed E-state index contributed by atoms with van der Waals surface area (Å²) in [4.78, 5) is 2.18. The highest BCUT2D eigenvalue weighted by atomic mass is 19.1. The van der Waals surface area contributed by atoms with Gasteiger partial charge in [0.2, 0.25) is 0 Å². The van der Waals surface area contributed by atoms with Gasteiger partial charge in [-0.15, -0.1) is 0 Å². The molecule has 1 atom stereocenters. The van der Waals surface area contributed by atoms with Crippen molar-refractivity contribution >= 4 is 0 Å². The molecule has 2 rings (SSSR count). The predicted octanol–water partition coefficient (Wildman–Crippen LogP) is 1.16. The van der Waals surface area contributed by atoms with Gasteiger partial charge in [0, 0.05) is 25.2 Å². The van der Waals surface area contributed by atoms with Crippen LogP contribution in [0.15, 0.2) is 18.2 Å². The second-order valence-electron chi connectivity index (χ2n) is 4.72. The summed E-state index contributed by atoms with van der Waals surface area (Å²) in [6, 6.07) is 4.23. The molecule has 0 radical (unpaired) electrons. The minimum absolute atomic E-state index is 0.0419. The third kappa shape index (κ3) is 3.43. The van der Waals surface area contributed by atoms with Crippen molar-refractivity contribution in [1.82, 2.24) is 10.2 Å². The first-order valence-corrected chi connectivity index (χ1v) is 6.65. The molecule has 1 aliphatic heterocycles. The van der Waals surface area contributed by atoms with Crippen molar-refractivity contribution < 1.29 is 14.2 Å². The van der Waals surface area contributed by atoms with Crippen molar-refractivity contribution in [3.8, 4) is 5.75 Å². The Labute approximate surface area is 113 Å². The fraction of sp³-hybridized carbons (Fsp3) is 0.571. The Bertz CT molecular complexity index is 406. The average Bonchev–Trinajstić information content (AvgIpc) is 2.69. The van der Waals surface area contributed by atoms with Crippen LogP contribution in [0.25, 0.3) is 0 Å². The summed E-state index contributed by atoms with van der Waals surface area (Å²) in [5, 5.41) is 13.0. The molecule has 0 aromatic heterocycles. The first-order valence-electron chi connectivity index (χ1n) is 6.65. The highest BCUT2D eigenvalue weighted by Crippen LogP contribution is 2.30. The van der Waals surface area contributed by atoms with Crippen LogP contribution in [0.3, 0.4) is 0 Å². The van der Waals surface area contributed by atoms with E-state index in [9.17, 15) is 9.50 Å². The minimum Gasteiger partial charge on any atom is -0.496 e. The molecule has 0 spiro atoms. The Balaban J connectivity index is 2.26. The van der Waals surface area contributed by atoms with Gasteiger partial charge in [-0.05, 0) is 31.2 Å². The fourth-order valence-corrected chi connectivity index (χ4v) is 2.55. The lowest BCUT2D eigenvalue weighted by Gasteiger charge is -2.30. The predicted molar refractivity (Wildman–Crippen MR) is 71.8 cm³/mol. The Morgan fingerprint density at radius 3 is 3.00 bits per heavy atom. The van der Waals surface area contributed by atoms with Gasteiger partial charge in [0.1, 0.15) is 11.6 Å². The summed E-state index contributed by atoms with van der Waals surface area (Å²) in [6.07, 6.45) is 1.02. The highest BCUT2D eigenvalue weighted by Gasteiger charge is 2.24. The molecule has 4 nitrogen and oxygen atoms in total. The molecule has 1 saturated heterocycles. The molecule has 19 heavy (non-hydrogen) atoms. The third-order valence-corrected chi connectivity index (χ3v) is 3.54. The second-order valence-corrected chi connectivity index (χ2v) is 4.72. The lowest BCUT2D eigenvalue weighted by Crippen LogP contribution is -2.34. The zero-order valence-electron chi connectivity index (χ0n) is 11.2. The third-order valence-electron chi connectivity index (χ3n) is 3.54. The van der Waals surface area contributed by atoms with E-state index in [-0.39, 0.29) is 18.5 Å². The molecule has 1 aromatic carbocycles. The number of benzene rings is 1. The van der Waals surface area contributed by atoms with E-state index in [1.165, 1.54) is 12.1 Å². The van der Waals surface area contributed by atoms with E-state index in [1.807, 2.05) is 0 Å². The highest BCUT2D eigenvalue weighted by molar-refractivity contribution is 5.36. The van der Waals surface area contributed by atoms with Gasteiger partial charge in [-0.1, -0.05) is 0 Å². The fourth-order valence-electron chi connectivity index (χ4n) is 2.55. The number of hydrogen-bond acceptors (Lipinski definition) is 4. The standard InChI is InChI=1S/C14H21FN2O2/c1-19-14-4-3-11(15)9-12(14)13(10-18)17-7-2-5-16-6-8-17/h3-4,9,13,16,18H,2,5-8,10H2,1H3. The quantitative estimate of drug-likeness (QED) is 0.860. The van der Waals surface area contributed by atoms with E-state index >= 15 is 0 Å². The van der Waals surface area contributed by atoms with E-state index in [0.717, 1.165) is 32.6 Å². The van der Waals surface area contributed by atoms with Gasteiger partial charge in [0.25, 0.3) is 0 Å². The maximum absolute atomic E-state index is 13.5. The number of rotatable bonds is 4. The molecule has 1 heterocycles. The summed E-state index contributed by atoms with van der Waals surface area (Å²) >= 11 is 0. The Hall–Kier alpha value is -1.17. The lowest BCUT2D eigenvalue weighted by molar-refractivity contribution is 0.127. The van der Waals surface area contributed by atoms with Crippen molar-refractivity contribution in [3.05, 3.63) is 29.6 Å². The van der Waals surface area contributed by atoms with Gasteiger partial charge in [-0.2, -0.15) is 0 Å². The average molecular weight is 268 g/mol. The van der Waals surface area contributed by atoms with Gasteiger partial charge in [-0.25, -0.2) is 4.39 Å². The number of nitrogens with one attached hydrogen (secondary N) is 1. The van der Waals surface area contributed by atoms with Gasteiger partial charge in [0.15, 0.2) is 0 Å². The smallest absolute Gasteiger partial charge is 0.123 e. The van der Waals surface area contributed by atoms with Gasteiger partial charge in [-0.3, -0.25) is 4.90 Å². The summed E-state index contributed by atoms with van der Waals surface area (Å²) in [6.45, 7) is 3.55. The maximum Gasteiger partial charge on any atom is 0.123 e. The van der Waals surface area contributed by atoms with Crippen molar-refractivity contribution in [1.29, 1.82) is 0 Å². The van der Waals surface area contributed by atoms with E-state index < -0.39 is 0 Å². The van der Waals surface area contributed by atoms with Crippen LogP contribution >= 0.6 is 0 Å².